The van der Waals surface area contributed by atoms with Gasteiger partial charge in [0.25, 0.3) is 0 Å². The van der Waals surface area contributed by atoms with Crippen LogP contribution in [0.15, 0.2) is 30.3 Å². The maximum absolute atomic E-state index is 12.4. The number of amides is 1. The first kappa shape index (κ1) is 19.7. The van der Waals surface area contributed by atoms with Crippen LogP contribution in [0.5, 0.6) is 0 Å². The number of carbonyl (C=O) groups excluding carboxylic acids is 1. The van der Waals surface area contributed by atoms with E-state index in [-0.39, 0.29) is 30.7 Å². The van der Waals surface area contributed by atoms with Crippen LogP contribution in [0.4, 0.5) is 4.79 Å². The SMILES string of the molecule is C[C@H](c1ccccc1)N(C)[C@H]1CN(C(=O)OC(C)(C)C)CC[C@H]1CO. The van der Waals surface area contributed by atoms with Crippen molar-refractivity contribution in [1.82, 2.24) is 9.80 Å². The summed E-state index contributed by atoms with van der Waals surface area (Å²) in [5.41, 5.74) is 0.736. The quantitative estimate of drug-likeness (QED) is 0.907. The van der Waals surface area contributed by atoms with E-state index >= 15 is 0 Å². The Morgan fingerprint density at radius 1 is 1.36 bits per heavy atom. The highest BCUT2D eigenvalue weighted by atomic mass is 16.6. The highest BCUT2D eigenvalue weighted by molar-refractivity contribution is 5.68. The molecule has 5 nitrogen and oxygen atoms in total. The van der Waals surface area contributed by atoms with Crippen molar-refractivity contribution in [2.75, 3.05) is 26.7 Å². The molecular weight excluding hydrogens is 316 g/mol. The number of likely N-dealkylation sites (tertiary alicyclic amines) is 1. The zero-order chi connectivity index (χ0) is 18.6. The first-order chi connectivity index (χ1) is 11.7. The molecular formula is C20H32N2O3. The van der Waals surface area contributed by atoms with Gasteiger partial charge in [-0.25, -0.2) is 4.79 Å². The Kier molecular flexibility index (Phi) is 6.47. The molecule has 5 heteroatoms. The molecule has 1 aromatic carbocycles. The number of likely N-dealkylation sites (N-methyl/N-ethyl adjacent to an activating group) is 1. The largest absolute Gasteiger partial charge is 0.444 e. The molecule has 3 atom stereocenters. The molecule has 1 saturated heterocycles. The fourth-order valence-electron chi connectivity index (χ4n) is 3.40. The Labute approximate surface area is 151 Å². The summed E-state index contributed by atoms with van der Waals surface area (Å²) in [5.74, 6) is 0.162. The summed E-state index contributed by atoms with van der Waals surface area (Å²) in [4.78, 5) is 16.5. The number of rotatable bonds is 4. The number of ether oxygens (including phenoxy) is 1. The number of nitrogens with zero attached hydrogens (tertiary/aromatic N) is 2. The molecule has 2 rings (SSSR count). The van der Waals surface area contributed by atoms with Gasteiger partial charge in [0.1, 0.15) is 5.60 Å². The molecule has 1 amide bonds. The third-order valence-electron chi connectivity index (χ3n) is 5.02. The van der Waals surface area contributed by atoms with E-state index < -0.39 is 5.60 Å². The molecule has 0 radical (unpaired) electrons. The smallest absolute Gasteiger partial charge is 0.410 e. The van der Waals surface area contributed by atoms with E-state index in [2.05, 4.69) is 31.0 Å². The van der Waals surface area contributed by atoms with E-state index in [1.165, 1.54) is 5.56 Å². The Hall–Kier alpha value is -1.59. The fourth-order valence-corrected chi connectivity index (χ4v) is 3.40. The van der Waals surface area contributed by atoms with Gasteiger partial charge in [0.2, 0.25) is 0 Å². The molecule has 0 saturated carbocycles. The number of benzene rings is 1. The van der Waals surface area contributed by atoms with Crippen molar-refractivity contribution >= 4 is 6.09 Å². The molecule has 1 fully saturated rings. The molecule has 1 aliphatic heterocycles. The van der Waals surface area contributed by atoms with Crippen molar-refractivity contribution < 1.29 is 14.6 Å². The fraction of sp³-hybridized carbons (Fsp3) is 0.650. The van der Waals surface area contributed by atoms with Gasteiger partial charge < -0.3 is 14.7 Å². The molecule has 1 heterocycles. The van der Waals surface area contributed by atoms with Crippen LogP contribution in [0.2, 0.25) is 0 Å². The second-order valence-electron chi connectivity index (χ2n) is 7.98. The predicted octanol–water partition coefficient (Wildman–Crippen LogP) is 3.30. The number of aliphatic hydroxyl groups excluding tert-OH is 1. The zero-order valence-electron chi connectivity index (χ0n) is 16.1. The maximum atomic E-state index is 12.4. The van der Waals surface area contributed by atoms with Crippen LogP contribution in [0.3, 0.4) is 0 Å². The standard InChI is InChI=1S/C20H32N2O3/c1-15(16-9-7-6-8-10-16)21(5)18-13-22(12-11-17(18)14-23)19(24)25-20(2,3)4/h6-10,15,17-18,23H,11-14H2,1-5H3/t15-,17+,18+/m1/s1. The Morgan fingerprint density at radius 3 is 2.56 bits per heavy atom. The van der Waals surface area contributed by atoms with E-state index in [9.17, 15) is 9.90 Å². The summed E-state index contributed by atoms with van der Waals surface area (Å²) >= 11 is 0. The lowest BCUT2D eigenvalue weighted by atomic mass is 9.90. The lowest BCUT2D eigenvalue weighted by molar-refractivity contribution is -0.0103. The minimum absolute atomic E-state index is 0.0986. The molecule has 1 N–H and O–H groups in total. The van der Waals surface area contributed by atoms with Crippen molar-refractivity contribution in [1.29, 1.82) is 0 Å². The van der Waals surface area contributed by atoms with Crippen LogP contribution in [-0.4, -0.2) is 59.4 Å². The van der Waals surface area contributed by atoms with Crippen molar-refractivity contribution in [2.24, 2.45) is 5.92 Å². The van der Waals surface area contributed by atoms with Crippen molar-refractivity contribution in [3.05, 3.63) is 35.9 Å². The normalized spacial score (nSPS) is 22.8. The summed E-state index contributed by atoms with van der Waals surface area (Å²) in [5, 5.41) is 9.81. The first-order valence-electron chi connectivity index (χ1n) is 9.08. The van der Waals surface area contributed by atoms with E-state index in [0.29, 0.717) is 13.1 Å². The van der Waals surface area contributed by atoms with Gasteiger partial charge in [0.15, 0.2) is 0 Å². The van der Waals surface area contributed by atoms with Crippen LogP contribution < -0.4 is 0 Å². The average Bonchev–Trinajstić information content (AvgIpc) is 2.59. The average molecular weight is 348 g/mol. The van der Waals surface area contributed by atoms with Crippen LogP contribution in [0.25, 0.3) is 0 Å². The monoisotopic (exact) mass is 348 g/mol. The van der Waals surface area contributed by atoms with E-state index in [0.717, 1.165) is 6.42 Å². The lowest BCUT2D eigenvalue weighted by Crippen LogP contribution is -2.55. The topological polar surface area (TPSA) is 53.0 Å². The summed E-state index contributed by atoms with van der Waals surface area (Å²) < 4.78 is 5.53. The van der Waals surface area contributed by atoms with Gasteiger partial charge in [-0.1, -0.05) is 30.3 Å². The molecule has 0 aliphatic carbocycles. The highest BCUT2D eigenvalue weighted by Crippen LogP contribution is 2.29. The van der Waals surface area contributed by atoms with Crippen LogP contribution in [0, 0.1) is 5.92 Å². The molecule has 0 aromatic heterocycles. The zero-order valence-corrected chi connectivity index (χ0v) is 16.1. The highest BCUT2D eigenvalue weighted by Gasteiger charge is 2.36. The van der Waals surface area contributed by atoms with Gasteiger partial charge in [0, 0.05) is 37.7 Å². The van der Waals surface area contributed by atoms with Crippen molar-refractivity contribution in [3.63, 3.8) is 0 Å². The number of carbonyl (C=O) groups is 1. The molecule has 25 heavy (non-hydrogen) atoms. The molecule has 0 unspecified atom stereocenters. The van der Waals surface area contributed by atoms with Gasteiger partial charge in [0.05, 0.1) is 0 Å². The van der Waals surface area contributed by atoms with Gasteiger partial charge >= 0.3 is 6.09 Å². The van der Waals surface area contributed by atoms with E-state index in [1.54, 1.807) is 4.90 Å². The molecule has 1 aromatic rings. The Morgan fingerprint density at radius 2 is 2.00 bits per heavy atom. The van der Waals surface area contributed by atoms with Crippen LogP contribution >= 0.6 is 0 Å². The second kappa shape index (κ2) is 8.19. The number of piperidine rings is 1. The molecule has 0 bridgehead atoms. The summed E-state index contributed by atoms with van der Waals surface area (Å²) in [6.07, 6.45) is 0.515. The summed E-state index contributed by atoms with van der Waals surface area (Å²) in [6, 6.07) is 10.6. The van der Waals surface area contributed by atoms with Gasteiger partial charge in [-0.3, -0.25) is 4.90 Å². The van der Waals surface area contributed by atoms with Gasteiger partial charge in [-0.15, -0.1) is 0 Å². The first-order valence-corrected chi connectivity index (χ1v) is 9.08. The van der Waals surface area contributed by atoms with E-state index in [4.69, 9.17) is 4.74 Å². The van der Waals surface area contributed by atoms with E-state index in [1.807, 2.05) is 39.0 Å². The number of hydrogen-bond acceptors (Lipinski definition) is 4. The van der Waals surface area contributed by atoms with Gasteiger partial charge in [-0.05, 0) is 46.7 Å². The minimum Gasteiger partial charge on any atom is -0.444 e. The lowest BCUT2D eigenvalue weighted by Gasteiger charge is -2.44. The van der Waals surface area contributed by atoms with Crippen molar-refractivity contribution in [2.45, 2.75) is 51.8 Å². The van der Waals surface area contributed by atoms with Crippen LogP contribution in [-0.2, 0) is 4.74 Å². The number of aliphatic hydroxyl groups is 1. The van der Waals surface area contributed by atoms with Gasteiger partial charge in [-0.2, -0.15) is 0 Å². The maximum Gasteiger partial charge on any atom is 0.410 e. The molecule has 140 valence electrons. The second-order valence-corrected chi connectivity index (χ2v) is 7.98. The summed E-state index contributed by atoms with van der Waals surface area (Å²) in [7, 11) is 2.07. The third-order valence-corrected chi connectivity index (χ3v) is 5.02. The van der Waals surface area contributed by atoms with Crippen molar-refractivity contribution in [3.8, 4) is 0 Å². The Bertz CT molecular complexity index is 556. The summed E-state index contributed by atoms with van der Waals surface area (Å²) in [6.45, 7) is 9.15. The minimum atomic E-state index is -0.496. The predicted molar refractivity (Wildman–Crippen MR) is 99.4 cm³/mol. The molecule has 0 spiro atoms. The third kappa shape index (κ3) is 5.19. The van der Waals surface area contributed by atoms with Crippen LogP contribution in [0.1, 0.15) is 45.7 Å². The molecule has 1 aliphatic rings. The number of hydrogen-bond donors (Lipinski definition) is 1. The Balaban J connectivity index is 2.11.